The summed E-state index contributed by atoms with van der Waals surface area (Å²) >= 11 is 5.91. The number of fused-ring (bicyclic) bond motifs is 2. The lowest BCUT2D eigenvalue weighted by molar-refractivity contribution is 0.102. The van der Waals surface area contributed by atoms with Gasteiger partial charge in [0.1, 0.15) is 0 Å². The van der Waals surface area contributed by atoms with Crippen LogP contribution in [0.1, 0.15) is 20.7 Å². The molecular formula is C34H24ClN3O10S3. The van der Waals surface area contributed by atoms with Crippen LogP contribution in [0.2, 0.25) is 5.02 Å². The van der Waals surface area contributed by atoms with Gasteiger partial charge in [-0.25, -0.2) is 8.42 Å². The van der Waals surface area contributed by atoms with Crippen LogP contribution in [0.5, 0.6) is 0 Å². The fourth-order valence-corrected chi connectivity index (χ4v) is 7.43. The van der Waals surface area contributed by atoms with Gasteiger partial charge in [-0.1, -0.05) is 48.0 Å². The first-order valence-corrected chi connectivity index (χ1v) is 19.3. The Labute approximate surface area is 296 Å². The van der Waals surface area contributed by atoms with Crippen LogP contribution in [0, 0.1) is 0 Å². The number of benzene rings is 6. The van der Waals surface area contributed by atoms with Crippen molar-refractivity contribution in [2.24, 2.45) is 0 Å². The summed E-state index contributed by atoms with van der Waals surface area (Å²) in [5.74, 6) is -1.52. The Morgan fingerprint density at radius 1 is 0.529 bits per heavy atom. The van der Waals surface area contributed by atoms with E-state index >= 15 is 0 Å². The van der Waals surface area contributed by atoms with Gasteiger partial charge >= 0.3 is 0 Å². The van der Waals surface area contributed by atoms with E-state index in [0.717, 1.165) is 0 Å². The van der Waals surface area contributed by atoms with E-state index in [1.54, 1.807) is 36.4 Å². The van der Waals surface area contributed by atoms with Crippen LogP contribution < -0.4 is 15.4 Å². The molecule has 0 saturated heterocycles. The number of sulfonamides is 1. The summed E-state index contributed by atoms with van der Waals surface area (Å²) in [7, 11) is -13.2. The maximum Gasteiger partial charge on any atom is 0.294 e. The first kappa shape index (κ1) is 35.5. The minimum Gasteiger partial charge on any atom is -0.321 e. The number of hydrogen-bond acceptors (Lipinski definition) is 8. The van der Waals surface area contributed by atoms with E-state index < -0.39 is 42.1 Å². The SMILES string of the molecule is O=C(Nc1cccc2cc(S(=O)(=O)O)ccc12)c1cc(NS(=O)(=O)c2ccc(Cl)cc2)cc(C(=O)Nc2cccc3cc(S(=O)(=O)O)ccc23)c1. The number of rotatable bonds is 9. The molecule has 0 heterocycles. The molecule has 6 aromatic rings. The highest BCUT2D eigenvalue weighted by atomic mass is 35.5. The van der Waals surface area contributed by atoms with Crippen molar-refractivity contribution in [1.29, 1.82) is 0 Å². The smallest absolute Gasteiger partial charge is 0.294 e. The Balaban J connectivity index is 1.38. The summed E-state index contributed by atoms with van der Waals surface area (Å²) in [6.07, 6.45) is 0. The highest BCUT2D eigenvalue weighted by Crippen LogP contribution is 2.29. The molecule has 6 rings (SSSR count). The van der Waals surface area contributed by atoms with E-state index in [1.165, 1.54) is 78.9 Å². The van der Waals surface area contributed by atoms with E-state index in [2.05, 4.69) is 15.4 Å². The minimum absolute atomic E-state index is 0.140. The molecule has 0 aromatic heterocycles. The van der Waals surface area contributed by atoms with E-state index in [-0.39, 0.29) is 42.9 Å². The van der Waals surface area contributed by atoms with Crippen molar-refractivity contribution in [3.8, 4) is 0 Å². The van der Waals surface area contributed by atoms with Gasteiger partial charge in [0.15, 0.2) is 0 Å². The second-order valence-corrected chi connectivity index (χ2v) is 16.1. The summed E-state index contributed by atoms with van der Waals surface area (Å²) in [4.78, 5) is 26.5. The van der Waals surface area contributed by atoms with Crippen LogP contribution in [-0.4, -0.2) is 46.2 Å². The van der Waals surface area contributed by atoms with Crippen molar-refractivity contribution >= 4 is 92.3 Å². The highest BCUT2D eigenvalue weighted by molar-refractivity contribution is 7.92. The van der Waals surface area contributed by atoms with Crippen LogP contribution in [0.3, 0.4) is 0 Å². The van der Waals surface area contributed by atoms with E-state index in [9.17, 15) is 43.9 Å². The Kier molecular flexibility index (Phi) is 9.32. The fourth-order valence-electron chi connectivity index (χ4n) is 5.23. The normalized spacial score (nSPS) is 12.1. The molecule has 0 atom stereocenters. The van der Waals surface area contributed by atoms with Crippen molar-refractivity contribution in [1.82, 2.24) is 0 Å². The third-order valence-corrected chi connectivity index (χ3v) is 11.0. The summed E-state index contributed by atoms with van der Waals surface area (Å²) < 4.78 is 94.4. The van der Waals surface area contributed by atoms with Gasteiger partial charge in [0.25, 0.3) is 42.1 Å². The molecule has 17 heteroatoms. The summed E-state index contributed by atoms with van der Waals surface area (Å²) in [5, 5.41) is 7.31. The van der Waals surface area contributed by atoms with Crippen molar-refractivity contribution in [3.05, 3.63) is 131 Å². The van der Waals surface area contributed by atoms with Crippen LogP contribution in [0.4, 0.5) is 17.1 Å². The molecule has 0 unspecified atom stereocenters. The van der Waals surface area contributed by atoms with Gasteiger partial charge in [-0.15, -0.1) is 0 Å². The monoisotopic (exact) mass is 765 g/mol. The number of nitrogens with one attached hydrogen (secondary N) is 3. The molecule has 5 N–H and O–H groups in total. The largest absolute Gasteiger partial charge is 0.321 e. The predicted molar refractivity (Wildman–Crippen MR) is 192 cm³/mol. The van der Waals surface area contributed by atoms with Crippen molar-refractivity contribution in [2.45, 2.75) is 14.7 Å². The third kappa shape index (κ3) is 7.86. The molecule has 6 aromatic carbocycles. The van der Waals surface area contributed by atoms with Crippen molar-refractivity contribution < 1.29 is 43.9 Å². The molecule has 0 bridgehead atoms. The predicted octanol–water partition coefficient (Wildman–Crippen LogP) is 6.45. The van der Waals surface area contributed by atoms with Gasteiger partial charge in [0, 0.05) is 38.3 Å². The lowest BCUT2D eigenvalue weighted by Crippen LogP contribution is -2.18. The number of carbonyl (C=O) groups is 2. The molecule has 0 saturated carbocycles. The van der Waals surface area contributed by atoms with Crippen LogP contribution in [0.15, 0.2) is 130 Å². The maximum absolute atomic E-state index is 13.7. The Morgan fingerprint density at radius 3 is 1.39 bits per heavy atom. The zero-order chi connectivity index (χ0) is 36.7. The van der Waals surface area contributed by atoms with Crippen molar-refractivity contribution in [3.63, 3.8) is 0 Å². The number of anilines is 3. The molecule has 0 aliphatic heterocycles. The topological polar surface area (TPSA) is 213 Å². The molecule has 0 aliphatic rings. The second kappa shape index (κ2) is 13.4. The molecule has 0 fully saturated rings. The fraction of sp³-hybridized carbons (Fsp3) is 0. The highest BCUT2D eigenvalue weighted by Gasteiger charge is 2.20. The maximum atomic E-state index is 13.7. The molecule has 2 amide bonds. The molecular weight excluding hydrogens is 742 g/mol. The minimum atomic E-state index is -4.49. The number of halogens is 1. The van der Waals surface area contributed by atoms with Gasteiger partial charge in [0.05, 0.1) is 20.4 Å². The molecule has 0 spiro atoms. The molecule has 13 nitrogen and oxygen atoms in total. The average molecular weight is 766 g/mol. The summed E-state index contributed by atoms with van der Waals surface area (Å²) in [6, 6.07) is 25.9. The van der Waals surface area contributed by atoms with Gasteiger partial charge in [-0.3, -0.25) is 23.4 Å². The van der Waals surface area contributed by atoms with Gasteiger partial charge in [-0.2, -0.15) is 16.8 Å². The number of amides is 2. The summed E-state index contributed by atoms with van der Waals surface area (Å²) in [6.45, 7) is 0. The van der Waals surface area contributed by atoms with E-state index in [1.807, 2.05) is 0 Å². The van der Waals surface area contributed by atoms with Gasteiger partial charge in [0.2, 0.25) is 0 Å². The Morgan fingerprint density at radius 2 is 0.961 bits per heavy atom. The van der Waals surface area contributed by atoms with E-state index in [0.29, 0.717) is 26.6 Å². The molecule has 0 aliphatic carbocycles. The molecule has 51 heavy (non-hydrogen) atoms. The zero-order valence-electron chi connectivity index (χ0n) is 25.7. The zero-order valence-corrected chi connectivity index (χ0v) is 28.9. The second-order valence-electron chi connectivity index (χ2n) is 11.1. The number of hydrogen-bond donors (Lipinski definition) is 5. The standard InChI is InChI=1S/C34H24ClN3O10S3/c35-24-7-9-26(10-8-24)49(41,42)38-25-16-22(33(39)36-31-5-1-3-20-18-27(50(43,44)45)11-13-29(20)31)15-23(17-25)34(40)37-32-6-2-4-21-19-28(51(46,47)48)12-14-30(21)32/h1-19,38H,(H,36,39)(H,37,40)(H,43,44,45)(H,46,47,48). The summed E-state index contributed by atoms with van der Waals surface area (Å²) in [5.41, 5.74) is 0.0711. The lowest BCUT2D eigenvalue weighted by Gasteiger charge is -2.14. The number of carbonyl (C=O) groups excluding carboxylic acids is 2. The van der Waals surface area contributed by atoms with E-state index in [4.69, 9.17) is 11.6 Å². The van der Waals surface area contributed by atoms with Crippen LogP contribution in [0.25, 0.3) is 21.5 Å². The molecule has 0 radical (unpaired) electrons. The first-order chi connectivity index (χ1) is 24.0. The average Bonchev–Trinajstić information content (AvgIpc) is 3.07. The third-order valence-electron chi connectivity index (χ3n) is 7.63. The van der Waals surface area contributed by atoms with Crippen LogP contribution in [-0.2, 0) is 30.3 Å². The Bertz CT molecular complexity index is 2590. The first-order valence-electron chi connectivity index (χ1n) is 14.5. The van der Waals surface area contributed by atoms with Crippen molar-refractivity contribution in [2.75, 3.05) is 15.4 Å². The molecule has 260 valence electrons. The Hall–Kier alpha value is -5.36. The van der Waals surface area contributed by atoms with Gasteiger partial charge < -0.3 is 10.6 Å². The quantitative estimate of drug-likeness (QED) is 0.102. The van der Waals surface area contributed by atoms with Gasteiger partial charge in [-0.05, 0) is 89.6 Å². The lowest BCUT2D eigenvalue weighted by atomic mass is 10.1. The van der Waals surface area contributed by atoms with Crippen LogP contribution >= 0.6 is 11.6 Å².